The molecule has 8 nitrogen and oxygen atoms in total. The summed E-state index contributed by atoms with van der Waals surface area (Å²) in [4.78, 5) is 23.4. The lowest BCUT2D eigenvalue weighted by molar-refractivity contribution is 0.0689. The molecule has 0 radical (unpaired) electrons. The lowest BCUT2D eigenvalue weighted by Gasteiger charge is -2.17. The van der Waals surface area contributed by atoms with Crippen LogP contribution in [0.3, 0.4) is 0 Å². The number of carboxylic acids is 1. The number of carboxylic acid groups (broad SMARTS) is 1. The van der Waals surface area contributed by atoms with Gasteiger partial charge in [-0.2, -0.15) is 12.7 Å². The normalized spacial score (nSPS) is 18.1. The highest BCUT2D eigenvalue weighted by molar-refractivity contribution is 7.87. The van der Waals surface area contributed by atoms with Crippen LogP contribution in [0.1, 0.15) is 46.4 Å². The standard InChI is InChI=1S/C15H17FN2O6S/c16-12-10(15(20)21)5-6-11(13(12)24-9-3-4-9)14(19)17-25(22,23)18-7-1-2-8-18/h5-6,9H,1-4,7-8H2,(H,17,19)(H,20,21). The first kappa shape index (κ1) is 17.6. The fraction of sp³-hybridized carbons (Fsp3) is 0.467. The molecule has 1 aromatic carbocycles. The summed E-state index contributed by atoms with van der Waals surface area (Å²) in [6.45, 7) is 0.612. The van der Waals surface area contributed by atoms with E-state index in [4.69, 9.17) is 9.84 Å². The van der Waals surface area contributed by atoms with Gasteiger partial charge in [0, 0.05) is 13.1 Å². The van der Waals surface area contributed by atoms with E-state index in [1.165, 1.54) is 0 Å². The number of hydrogen-bond acceptors (Lipinski definition) is 5. The van der Waals surface area contributed by atoms with E-state index in [1.54, 1.807) is 0 Å². The summed E-state index contributed by atoms with van der Waals surface area (Å²) in [6.07, 6.45) is 2.41. The summed E-state index contributed by atoms with van der Waals surface area (Å²) < 4.78 is 47.2. The van der Waals surface area contributed by atoms with Gasteiger partial charge in [0.25, 0.3) is 5.91 Å². The highest BCUT2D eigenvalue weighted by atomic mass is 32.2. The number of benzene rings is 1. The Kier molecular flexibility index (Phi) is 4.65. The minimum Gasteiger partial charge on any atom is -0.486 e. The minimum absolute atomic E-state index is 0.305. The van der Waals surface area contributed by atoms with E-state index in [-0.39, 0.29) is 11.7 Å². The molecule has 1 saturated carbocycles. The Balaban J connectivity index is 1.90. The van der Waals surface area contributed by atoms with E-state index < -0.39 is 39.2 Å². The Morgan fingerprint density at radius 1 is 1.20 bits per heavy atom. The molecule has 2 fully saturated rings. The molecule has 1 amide bonds. The van der Waals surface area contributed by atoms with Crippen LogP contribution in [0, 0.1) is 5.82 Å². The molecule has 0 unspecified atom stereocenters. The van der Waals surface area contributed by atoms with E-state index in [1.807, 2.05) is 4.72 Å². The first-order valence-corrected chi connectivity index (χ1v) is 9.28. The monoisotopic (exact) mass is 372 g/mol. The number of nitrogens with one attached hydrogen (secondary N) is 1. The van der Waals surface area contributed by atoms with Gasteiger partial charge in [-0.3, -0.25) is 4.79 Å². The number of hydrogen-bond donors (Lipinski definition) is 2. The van der Waals surface area contributed by atoms with Crippen molar-refractivity contribution in [3.63, 3.8) is 0 Å². The number of ether oxygens (including phenoxy) is 1. The summed E-state index contributed by atoms with van der Waals surface area (Å²) >= 11 is 0. The van der Waals surface area contributed by atoms with Gasteiger partial charge in [0.15, 0.2) is 11.6 Å². The van der Waals surface area contributed by atoms with Crippen LogP contribution in [0.5, 0.6) is 5.75 Å². The van der Waals surface area contributed by atoms with Gasteiger partial charge in [0.05, 0.1) is 17.2 Å². The molecule has 2 N–H and O–H groups in total. The first-order chi connectivity index (χ1) is 11.8. The Morgan fingerprint density at radius 3 is 2.36 bits per heavy atom. The number of amides is 1. The molecule has 1 heterocycles. The molecule has 1 aliphatic heterocycles. The summed E-state index contributed by atoms with van der Waals surface area (Å²) in [5.41, 5.74) is -0.994. The van der Waals surface area contributed by atoms with Crippen molar-refractivity contribution >= 4 is 22.1 Å². The second kappa shape index (κ2) is 6.60. The third kappa shape index (κ3) is 3.74. The van der Waals surface area contributed by atoms with Gasteiger partial charge in [0.2, 0.25) is 0 Å². The zero-order valence-electron chi connectivity index (χ0n) is 13.2. The number of nitrogens with zero attached hydrogens (tertiary/aromatic N) is 1. The van der Waals surface area contributed by atoms with E-state index >= 15 is 0 Å². The number of carbonyl (C=O) groups is 2. The Hall–Kier alpha value is -2.20. The van der Waals surface area contributed by atoms with Crippen molar-refractivity contribution < 1.29 is 32.2 Å². The zero-order chi connectivity index (χ0) is 18.2. The van der Waals surface area contributed by atoms with Crippen LogP contribution in [0.25, 0.3) is 0 Å². The van der Waals surface area contributed by atoms with E-state index in [0.29, 0.717) is 38.8 Å². The lowest BCUT2D eigenvalue weighted by atomic mass is 10.1. The molecular weight excluding hydrogens is 355 g/mol. The molecular formula is C15H17FN2O6S. The van der Waals surface area contributed by atoms with Crippen molar-refractivity contribution in [1.82, 2.24) is 9.03 Å². The summed E-state index contributed by atoms with van der Waals surface area (Å²) in [5.74, 6) is -4.28. The lowest BCUT2D eigenvalue weighted by Crippen LogP contribution is -2.42. The molecule has 1 aliphatic carbocycles. The molecule has 10 heteroatoms. The molecule has 0 bridgehead atoms. The maximum atomic E-state index is 14.4. The van der Waals surface area contributed by atoms with Crippen molar-refractivity contribution in [3.8, 4) is 5.75 Å². The molecule has 0 spiro atoms. The minimum atomic E-state index is -4.04. The zero-order valence-corrected chi connectivity index (χ0v) is 14.0. The van der Waals surface area contributed by atoms with Gasteiger partial charge in [-0.05, 0) is 37.8 Å². The molecule has 3 rings (SSSR count). The van der Waals surface area contributed by atoms with Crippen LogP contribution >= 0.6 is 0 Å². The topological polar surface area (TPSA) is 113 Å². The van der Waals surface area contributed by atoms with E-state index in [9.17, 15) is 22.4 Å². The highest BCUT2D eigenvalue weighted by Gasteiger charge is 2.32. The van der Waals surface area contributed by atoms with Crippen molar-refractivity contribution in [2.24, 2.45) is 0 Å². The van der Waals surface area contributed by atoms with Gasteiger partial charge in [-0.1, -0.05) is 0 Å². The maximum Gasteiger partial charge on any atom is 0.338 e. The van der Waals surface area contributed by atoms with E-state index in [0.717, 1.165) is 16.4 Å². The predicted molar refractivity (Wildman–Crippen MR) is 84.2 cm³/mol. The van der Waals surface area contributed by atoms with Crippen LogP contribution in [-0.4, -0.2) is 48.9 Å². The van der Waals surface area contributed by atoms with Crippen LogP contribution in [0.15, 0.2) is 12.1 Å². The van der Waals surface area contributed by atoms with Gasteiger partial charge in [-0.25, -0.2) is 13.9 Å². The largest absolute Gasteiger partial charge is 0.486 e. The van der Waals surface area contributed by atoms with E-state index in [2.05, 4.69) is 0 Å². The van der Waals surface area contributed by atoms with Crippen molar-refractivity contribution in [3.05, 3.63) is 29.1 Å². The fourth-order valence-electron chi connectivity index (χ4n) is 2.53. The average molecular weight is 372 g/mol. The Labute approximate surface area is 143 Å². The molecule has 25 heavy (non-hydrogen) atoms. The average Bonchev–Trinajstić information content (AvgIpc) is 3.16. The summed E-state index contributed by atoms with van der Waals surface area (Å²) in [7, 11) is -4.04. The number of halogens is 1. The van der Waals surface area contributed by atoms with Crippen LogP contribution in [0.2, 0.25) is 0 Å². The second-order valence-electron chi connectivity index (χ2n) is 5.97. The third-order valence-electron chi connectivity index (χ3n) is 4.01. The van der Waals surface area contributed by atoms with Gasteiger partial charge < -0.3 is 9.84 Å². The molecule has 1 aromatic rings. The smallest absolute Gasteiger partial charge is 0.338 e. The van der Waals surface area contributed by atoms with Crippen molar-refractivity contribution in [2.45, 2.75) is 31.8 Å². The number of carbonyl (C=O) groups excluding carboxylic acids is 1. The number of rotatable bonds is 6. The van der Waals surface area contributed by atoms with Crippen molar-refractivity contribution in [1.29, 1.82) is 0 Å². The molecule has 136 valence electrons. The number of aromatic carboxylic acids is 1. The van der Waals surface area contributed by atoms with Gasteiger partial charge in [0.1, 0.15) is 0 Å². The predicted octanol–water partition coefficient (Wildman–Crippen LogP) is 1.14. The van der Waals surface area contributed by atoms with Crippen LogP contribution < -0.4 is 9.46 Å². The van der Waals surface area contributed by atoms with Crippen LogP contribution in [-0.2, 0) is 10.2 Å². The molecule has 1 saturated heterocycles. The Bertz CT molecular complexity index is 816. The molecule has 2 aliphatic rings. The summed E-state index contributed by atoms with van der Waals surface area (Å²) in [5, 5.41) is 9.00. The fourth-order valence-corrected chi connectivity index (χ4v) is 3.75. The maximum absolute atomic E-state index is 14.4. The van der Waals surface area contributed by atoms with Crippen LogP contribution in [0.4, 0.5) is 4.39 Å². The molecule has 0 atom stereocenters. The van der Waals surface area contributed by atoms with Gasteiger partial charge in [-0.15, -0.1) is 0 Å². The second-order valence-corrected chi connectivity index (χ2v) is 7.64. The van der Waals surface area contributed by atoms with Crippen molar-refractivity contribution in [2.75, 3.05) is 13.1 Å². The molecule has 0 aromatic heterocycles. The highest BCUT2D eigenvalue weighted by Crippen LogP contribution is 2.33. The summed E-state index contributed by atoms with van der Waals surface area (Å²) in [6, 6.07) is 1.97. The third-order valence-corrected chi connectivity index (χ3v) is 5.50. The van der Waals surface area contributed by atoms with Gasteiger partial charge >= 0.3 is 16.2 Å². The Morgan fingerprint density at radius 2 is 1.80 bits per heavy atom. The quantitative estimate of drug-likeness (QED) is 0.774. The SMILES string of the molecule is O=C(O)c1ccc(C(=O)NS(=O)(=O)N2CCCC2)c(OC2CC2)c1F. The first-order valence-electron chi connectivity index (χ1n) is 7.84.